The van der Waals surface area contributed by atoms with Gasteiger partial charge in [-0.1, -0.05) is 35.0 Å². The molecule has 0 aliphatic heterocycles. The third-order valence-electron chi connectivity index (χ3n) is 2.95. The summed E-state index contributed by atoms with van der Waals surface area (Å²) in [6.07, 6.45) is 0. The van der Waals surface area contributed by atoms with Crippen molar-refractivity contribution in [2.75, 3.05) is 0 Å². The predicted octanol–water partition coefficient (Wildman–Crippen LogP) is 3.12. The zero-order valence-electron chi connectivity index (χ0n) is 10.7. The fraction of sp³-hybridized carbons (Fsp3) is 0.0667. The zero-order chi connectivity index (χ0) is 14.1. The first-order chi connectivity index (χ1) is 9.65. The van der Waals surface area contributed by atoms with Crippen LogP contribution < -0.4 is 0 Å². The normalized spacial score (nSPS) is 10.7. The molecule has 2 N–H and O–H groups in total. The van der Waals surface area contributed by atoms with Gasteiger partial charge in [-0.2, -0.15) is 4.98 Å². The van der Waals surface area contributed by atoms with Crippen molar-refractivity contribution < 1.29 is 14.7 Å². The van der Waals surface area contributed by atoms with Gasteiger partial charge in [-0.25, -0.2) is 0 Å². The molecule has 1 aromatic heterocycles. The van der Waals surface area contributed by atoms with Crippen molar-refractivity contribution in [3.8, 4) is 34.3 Å². The number of hydrogen-bond donors (Lipinski definition) is 2. The maximum Gasteiger partial charge on any atom is 0.262 e. The molecule has 0 bridgehead atoms. The minimum Gasteiger partial charge on any atom is -0.504 e. The van der Waals surface area contributed by atoms with Crippen LogP contribution in [-0.4, -0.2) is 20.4 Å². The first-order valence-corrected chi connectivity index (χ1v) is 6.07. The van der Waals surface area contributed by atoms with Crippen molar-refractivity contribution in [2.45, 2.75) is 6.92 Å². The average molecular weight is 268 g/mol. The van der Waals surface area contributed by atoms with Gasteiger partial charge >= 0.3 is 0 Å². The van der Waals surface area contributed by atoms with Gasteiger partial charge in [0.25, 0.3) is 5.89 Å². The zero-order valence-corrected chi connectivity index (χ0v) is 10.7. The van der Waals surface area contributed by atoms with E-state index in [1.165, 1.54) is 6.07 Å². The molecule has 5 nitrogen and oxygen atoms in total. The second-order valence-electron chi connectivity index (χ2n) is 4.47. The molecule has 0 unspecified atom stereocenters. The molecular formula is C15H12N2O3. The highest BCUT2D eigenvalue weighted by atomic mass is 16.5. The van der Waals surface area contributed by atoms with Crippen LogP contribution in [-0.2, 0) is 0 Å². The molecule has 0 radical (unpaired) electrons. The summed E-state index contributed by atoms with van der Waals surface area (Å²) in [4.78, 5) is 4.24. The van der Waals surface area contributed by atoms with E-state index in [-0.39, 0.29) is 17.4 Å². The Morgan fingerprint density at radius 1 is 1.05 bits per heavy atom. The van der Waals surface area contributed by atoms with Crippen LogP contribution in [0.1, 0.15) is 5.56 Å². The van der Waals surface area contributed by atoms with E-state index in [0.717, 1.165) is 11.1 Å². The van der Waals surface area contributed by atoms with Crippen molar-refractivity contribution in [3.63, 3.8) is 0 Å². The summed E-state index contributed by atoms with van der Waals surface area (Å²) in [5.74, 6) is 0.103. The van der Waals surface area contributed by atoms with E-state index in [9.17, 15) is 10.2 Å². The van der Waals surface area contributed by atoms with Gasteiger partial charge in [-0.3, -0.25) is 0 Å². The fourth-order valence-electron chi connectivity index (χ4n) is 1.94. The highest BCUT2D eigenvalue weighted by Crippen LogP contribution is 2.35. The van der Waals surface area contributed by atoms with Crippen LogP contribution in [0.3, 0.4) is 0 Å². The number of para-hydroxylation sites is 1. The summed E-state index contributed by atoms with van der Waals surface area (Å²) in [6, 6.07) is 12.3. The number of rotatable bonds is 2. The van der Waals surface area contributed by atoms with Gasteiger partial charge in [0.1, 0.15) is 0 Å². The molecule has 100 valence electrons. The van der Waals surface area contributed by atoms with Crippen molar-refractivity contribution in [1.29, 1.82) is 0 Å². The summed E-state index contributed by atoms with van der Waals surface area (Å²) in [6.45, 7) is 1.98. The van der Waals surface area contributed by atoms with E-state index >= 15 is 0 Å². The van der Waals surface area contributed by atoms with Crippen LogP contribution in [0.4, 0.5) is 0 Å². The molecule has 5 heteroatoms. The van der Waals surface area contributed by atoms with Crippen LogP contribution in [0.15, 0.2) is 47.0 Å². The van der Waals surface area contributed by atoms with E-state index in [4.69, 9.17) is 4.52 Å². The third-order valence-corrected chi connectivity index (χ3v) is 2.95. The summed E-state index contributed by atoms with van der Waals surface area (Å²) < 4.78 is 5.15. The van der Waals surface area contributed by atoms with Gasteiger partial charge < -0.3 is 14.7 Å². The Bertz CT molecular complexity index is 765. The number of nitrogens with zero attached hydrogens (tertiary/aromatic N) is 2. The summed E-state index contributed by atoms with van der Waals surface area (Å²) >= 11 is 0. The molecule has 2 aromatic carbocycles. The van der Waals surface area contributed by atoms with E-state index in [2.05, 4.69) is 10.1 Å². The molecular weight excluding hydrogens is 256 g/mol. The minimum absolute atomic E-state index is 0.162. The summed E-state index contributed by atoms with van der Waals surface area (Å²) in [7, 11) is 0. The summed E-state index contributed by atoms with van der Waals surface area (Å²) in [5.41, 5.74) is 2.23. The maximum atomic E-state index is 9.80. The van der Waals surface area contributed by atoms with Crippen LogP contribution >= 0.6 is 0 Å². The maximum absolute atomic E-state index is 9.80. The van der Waals surface area contributed by atoms with Gasteiger partial charge in [0.2, 0.25) is 5.82 Å². The van der Waals surface area contributed by atoms with Crippen molar-refractivity contribution in [2.24, 2.45) is 0 Å². The van der Waals surface area contributed by atoms with Gasteiger partial charge in [0.05, 0.1) is 5.56 Å². The number of aromatic hydroxyl groups is 2. The highest BCUT2D eigenvalue weighted by molar-refractivity contribution is 5.68. The predicted molar refractivity (Wildman–Crippen MR) is 73.2 cm³/mol. The standard InChI is InChI=1S/C15H12N2O3/c1-9-4-2-5-10(8-9)14-16-15(20-17-14)11-6-3-7-12(18)13(11)19/h2-8,18-19H,1H3. The number of aromatic nitrogens is 2. The molecule has 1 heterocycles. The van der Waals surface area contributed by atoms with E-state index in [1.807, 2.05) is 31.2 Å². The topological polar surface area (TPSA) is 79.4 Å². The molecule has 0 saturated heterocycles. The average Bonchev–Trinajstić information content (AvgIpc) is 2.91. The summed E-state index contributed by atoms with van der Waals surface area (Å²) in [5, 5.41) is 23.2. The van der Waals surface area contributed by atoms with E-state index in [1.54, 1.807) is 12.1 Å². The lowest BCUT2D eigenvalue weighted by Crippen LogP contribution is -1.83. The molecule has 0 aliphatic rings. The first kappa shape index (κ1) is 12.2. The number of aryl methyl sites for hydroxylation is 1. The Morgan fingerprint density at radius 2 is 1.85 bits per heavy atom. The van der Waals surface area contributed by atoms with Crippen molar-refractivity contribution in [1.82, 2.24) is 10.1 Å². The molecule has 0 fully saturated rings. The Balaban J connectivity index is 2.04. The van der Waals surface area contributed by atoms with E-state index in [0.29, 0.717) is 11.4 Å². The minimum atomic E-state index is -0.271. The number of phenols is 2. The Hall–Kier alpha value is -2.82. The number of phenolic OH excluding ortho intramolecular Hbond substituents is 2. The lowest BCUT2D eigenvalue weighted by atomic mass is 10.1. The van der Waals surface area contributed by atoms with Crippen molar-refractivity contribution in [3.05, 3.63) is 48.0 Å². The molecule has 0 aliphatic carbocycles. The monoisotopic (exact) mass is 268 g/mol. The van der Waals surface area contributed by atoms with Crippen LogP contribution in [0, 0.1) is 6.92 Å². The van der Waals surface area contributed by atoms with Gasteiger partial charge in [0, 0.05) is 5.56 Å². The Morgan fingerprint density at radius 3 is 2.65 bits per heavy atom. The van der Waals surface area contributed by atoms with Crippen LogP contribution in [0.2, 0.25) is 0 Å². The molecule has 0 saturated carbocycles. The number of hydrogen-bond acceptors (Lipinski definition) is 5. The lowest BCUT2D eigenvalue weighted by molar-refractivity contribution is 0.397. The van der Waals surface area contributed by atoms with E-state index < -0.39 is 0 Å². The van der Waals surface area contributed by atoms with Gasteiger partial charge in [0.15, 0.2) is 11.5 Å². The Kier molecular flexibility index (Phi) is 2.87. The second-order valence-corrected chi connectivity index (χ2v) is 4.47. The molecule has 20 heavy (non-hydrogen) atoms. The van der Waals surface area contributed by atoms with Crippen LogP contribution in [0.25, 0.3) is 22.8 Å². The van der Waals surface area contributed by atoms with Gasteiger partial charge in [-0.05, 0) is 25.1 Å². The molecule has 0 spiro atoms. The van der Waals surface area contributed by atoms with Crippen molar-refractivity contribution >= 4 is 0 Å². The van der Waals surface area contributed by atoms with Gasteiger partial charge in [-0.15, -0.1) is 0 Å². The molecule has 3 rings (SSSR count). The molecule has 0 amide bonds. The third kappa shape index (κ3) is 2.09. The fourth-order valence-corrected chi connectivity index (χ4v) is 1.94. The highest BCUT2D eigenvalue weighted by Gasteiger charge is 2.15. The smallest absolute Gasteiger partial charge is 0.262 e. The quantitative estimate of drug-likeness (QED) is 0.698. The van der Waals surface area contributed by atoms with Crippen LogP contribution in [0.5, 0.6) is 11.5 Å². The molecule has 0 atom stereocenters. The first-order valence-electron chi connectivity index (χ1n) is 6.07. The second kappa shape index (κ2) is 4.70. The lowest BCUT2D eigenvalue weighted by Gasteiger charge is -2.00. The number of benzene rings is 2. The SMILES string of the molecule is Cc1cccc(-c2noc(-c3cccc(O)c3O)n2)c1. The molecule has 3 aromatic rings. The Labute approximate surface area is 115 Å². The largest absolute Gasteiger partial charge is 0.504 e.